The summed E-state index contributed by atoms with van der Waals surface area (Å²) < 4.78 is 18.7. The van der Waals surface area contributed by atoms with Crippen molar-refractivity contribution < 1.29 is 19.0 Å². The molecule has 1 aliphatic carbocycles. The molecule has 1 saturated carbocycles. The van der Waals surface area contributed by atoms with Gasteiger partial charge in [0.05, 0.1) is 11.7 Å². The molecule has 1 fully saturated rings. The van der Waals surface area contributed by atoms with Gasteiger partial charge in [-0.1, -0.05) is 18.2 Å². The maximum atomic E-state index is 13.7. The summed E-state index contributed by atoms with van der Waals surface area (Å²) in [5.74, 6) is -0.870. The van der Waals surface area contributed by atoms with Crippen molar-refractivity contribution >= 4 is 13.8 Å². The summed E-state index contributed by atoms with van der Waals surface area (Å²) in [5, 5.41) is 9.61. The second kappa shape index (κ2) is 4.88. The van der Waals surface area contributed by atoms with Gasteiger partial charge >= 0.3 is 5.97 Å². The monoisotopic (exact) mass is 236 g/mol. The number of hydrogen-bond donors (Lipinski definition) is 1. The molecule has 2 rings (SSSR count). The lowest BCUT2D eigenvalue weighted by Gasteiger charge is -2.18. The lowest BCUT2D eigenvalue weighted by molar-refractivity contribution is -0.0253. The van der Waals surface area contributed by atoms with E-state index in [-0.39, 0.29) is 5.82 Å². The van der Waals surface area contributed by atoms with Gasteiger partial charge < -0.3 is 9.84 Å². The third-order valence-electron chi connectivity index (χ3n) is 3.10. The third kappa shape index (κ3) is 2.49. The summed E-state index contributed by atoms with van der Waals surface area (Å²) in [5.41, 5.74) is 0.367. The van der Waals surface area contributed by atoms with E-state index in [0.717, 1.165) is 0 Å². The lowest BCUT2D eigenvalue weighted by atomic mass is 9.85. The Hall–Kier alpha value is -1.36. The first-order valence-electron chi connectivity index (χ1n) is 5.67. The first kappa shape index (κ1) is 12.1. The summed E-state index contributed by atoms with van der Waals surface area (Å²) in [4.78, 5) is 11.7. The van der Waals surface area contributed by atoms with Gasteiger partial charge in [-0.25, -0.2) is 9.18 Å². The second-order valence-electron chi connectivity index (χ2n) is 4.46. The van der Waals surface area contributed by atoms with Crippen LogP contribution in [-0.4, -0.2) is 37.3 Å². The standard InChI is InChI=1S/C12H14BFO3/c13-8-6-9(15)11(10(8)14)17-12(16)7-4-2-1-3-5-7/h1-5,8-11,15H,6,13H2. The van der Waals surface area contributed by atoms with Gasteiger partial charge in [0.2, 0.25) is 0 Å². The Kier molecular flexibility index (Phi) is 3.47. The largest absolute Gasteiger partial charge is 0.453 e. The molecule has 90 valence electrons. The van der Waals surface area contributed by atoms with Gasteiger partial charge in [0, 0.05) is 0 Å². The summed E-state index contributed by atoms with van der Waals surface area (Å²) in [6.45, 7) is 0. The minimum Gasteiger partial charge on any atom is -0.453 e. The number of benzene rings is 1. The van der Waals surface area contributed by atoms with Crippen molar-refractivity contribution in [1.82, 2.24) is 0 Å². The second-order valence-corrected chi connectivity index (χ2v) is 4.46. The number of carbonyl (C=O) groups excluding carboxylic acids is 1. The molecule has 0 radical (unpaired) electrons. The van der Waals surface area contributed by atoms with E-state index >= 15 is 0 Å². The Morgan fingerprint density at radius 3 is 2.59 bits per heavy atom. The van der Waals surface area contributed by atoms with Crippen molar-refractivity contribution in [3.8, 4) is 0 Å². The number of halogens is 1. The van der Waals surface area contributed by atoms with E-state index in [0.29, 0.717) is 12.0 Å². The number of alkyl halides is 1. The van der Waals surface area contributed by atoms with E-state index in [1.807, 2.05) is 0 Å². The smallest absolute Gasteiger partial charge is 0.338 e. The zero-order valence-electron chi connectivity index (χ0n) is 9.54. The number of aliphatic hydroxyl groups excluding tert-OH is 1. The molecule has 0 saturated heterocycles. The fraction of sp³-hybridized carbons (Fsp3) is 0.417. The highest BCUT2D eigenvalue weighted by atomic mass is 19.1. The number of aliphatic hydroxyl groups is 1. The van der Waals surface area contributed by atoms with Gasteiger partial charge in [0.15, 0.2) is 6.10 Å². The Morgan fingerprint density at radius 1 is 1.41 bits per heavy atom. The molecule has 0 amide bonds. The fourth-order valence-electron chi connectivity index (χ4n) is 2.09. The summed E-state index contributed by atoms with van der Waals surface area (Å²) in [7, 11) is 1.70. The van der Waals surface area contributed by atoms with Crippen LogP contribution in [0.25, 0.3) is 0 Å². The molecule has 1 aromatic carbocycles. The molecule has 3 nitrogen and oxygen atoms in total. The van der Waals surface area contributed by atoms with Gasteiger partial charge in [0.1, 0.15) is 14.0 Å². The van der Waals surface area contributed by atoms with Crippen LogP contribution in [0.2, 0.25) is 5.82 Å². The molecule has 0 spiro atoms. The maximum absolute atomic E-state index is 13.7. The topological polar surface area (TPSA) is 46.5 Å². The highest BCUT2D eigenvalue weighted by Gasteiger charge is 2.43. The van der Waals surface area contributed by atoms with Crippen molar-refractivity contribution in [1.29, 1.82) is 0 Å². The van der Waals surface area contributed by atoms with E-state index in [9.17, 15) is 14.3 Å². The van der Waals surface area contributed by atoms with Gasteiger partial charge in [-0.2, -0.15) is 0 Å². The van der Waals surface area contributed by atoms with Crippen molar-refractivity contribution in [3.05, 3.63) is 35.9 Å². The van der Waals surface area contributed by atoms with Gasteiger partial charge in [-0.15, -0.1) is 0 Å². The van der Waals surface area contributed by atoms with Crippen LogP contribution in [0.3, 0.4) is 0 Å². The van der Waals surface area contributed by atoms with E-state index in [1.165, 1.54) is 0 Å². The Labute approximate surface area is 100 Å². The molecule has 1 aromatic rings. The molecule has 17 heavy (non-hydrogen) atoms. The Balaban J connectivity index is 2.04. The van der Waals surface area contributed by atoms with Crippen LogP contribution in [0.5, 0.6) is 0 Å². The quantitative estimate of drug-likeness (QED) is 0.608. The van der Waals surface area contributed by atoms with Crippen molar-refractivity contribution in [2.24, 2.45) is 0 Å². The Bertz CT molecular complexity index is 398. The highest BCUT2D eigenvalue weighted by Crippen LogP contribution is 2.33. The average molecular weight is 236 g/mol. The third-order valence-corrected chi connectivity index (χ3v) is 3.10. The van der Waals surface area contributed by atoms with Crippen LogP contribution >= 0.6 is 0 Å². The SMILES string of the molecule is BC1CC(O)C(OC(=O)c2ccccc2)C1F. The average Bonchev–Trinajstić information content (AvgIpc) is 2.57. The molecule has 0 aromatic heterocycles. The molecule has 0 heterocycles. The Morgan fingerprint density at radius 2 is 2.06 bits per heavy atom. The first-order chi connectivity index (χ1) is 8.09. The van der Waals surface area contributed by atoms with E-state index in [1.54, 1.807) is 38.2 Å². The van der Waals surface area contributed by atoms with Crippen LogP contribution in [0.15, 0.2) is 30.3 Å². The molecule has 0 aliphatic heterocycles. The molecule has 1 aliphatic rings. The summed E-state index contributed by atoms with van der Waals surface area (Å²) in [6, 6.07) is 8.39. The summed E-state index contributed by atoms with van der Waals surface area (Å²) >= 11 is 0. The minimum atomic E-state index is -1.29. The van der Waals surface area contributed by atoms with Crippen LogP contribution in [0.1, 0.15) is 16.8 Å². The van der Waals surface area contributed by atoms with Crippen LogP contribution < -0.4 is 0 Å². The molecular formula is C12H14BFO3. The van der Waals surface area contributed by atoms with Crippen molar-refractivity contribution in [3.63, 3.8) is 0 Å². The number of ether oxygens (including phenoxy) is 1. The predicted octanol–water partition coefficient (Wildman–Crippen LogP) is 0.736. The number of carbonyl (C=O) groups is 1. The molecule has 1 N–H and O–H groups in total. The van der Waals surface area contributed by atoms with Crippen LogP contribution in [0, 0.1) is 0 Å². The van der Waals surface area contributed by atoms with Crippen LogP contribution in [0.4, 0.5) is 4.39 Å². The van der Waals surface area contributed by atoms with Gasteiger partial charge in [-0.05, 0) is 24.4 Å². The molecule has 4 atom stereocenters. The fourth-order valence-corrected chi connectivity index (χ4v) is 2.09. The highest BCUT2D eigenvalue weighted by molar-refractivity contribution is 6.12. The molecule has 5 heteroatoms. The maximum Gasteiger partial charge on any atom is 0.338 e. The minimum absolute atomic E-state index is 0.279. The molecule has 4 unspecified atom stereocenters. The van der Waals surface area contributed by atoms with Crippen molar-refractivity contribution in [2.45, 2.75) is 30.6 Å². The van der Waals surface area contributed by atoms with Gasteiger partial charge in [0.25, 0.3) is 0 Å². The zero-order chi connectivity index (χ0) is 12.4. The van der Waals surface area contributed by atoms with Crippen molar-refractivity contribution in [2.75, 3.05) is 0 Å². The number of hydrogen-bond acceptors (Lipinski definition) is 3. The van der Waals surface area contributed by atoms with E-state index in [2.05, 4.69) is 0 Å². The van der Waals surface area contributed by atoms with Crippen LogP contribution in [-0.2, 0) is 4.74 Å². The molecular weight excluding hydrogens is 222 g/mol. The van der Waals surface area contributed by atoms with Gasteiger partial charge in [-0.3, -0.25) is 0 Å². The zero-order valence-corrected chi connectivity index (χ0v) is 9.54. The number of esters is 1. The van der Waals surface area contributed by atoms with E-state index in [4.69, 9.17) is 4.74 Å². The van der Waals surface area contributed by atoms with E-state index < -0.39 is 24.3 Å². The number of rotatable bonds is 2. The lowest BCUT2D eigenvalue weighted by Crippen LogP contribution is -2.32. The summed E-state index contributed by atoms with van der Waals surface area (Å²) in [6.07, 6.45) is -2.92. The predicted molar refractivity (Wildman–Crippen MR) is 63.5 cm³/mol. The normalized spacial score (nSPS) is 32.4. The molecule has 0 bridgehead atoms. The first-order valence-corrected chi connectivity index (χ1v) is 5.67.